The van der Waals surface area contributed by atoms with Crippen LogP contribution in [0.4, 0.5) is 4.39 Å². The van der Waals surface area contributed by atoms with Crippen molar-refractivity contribution < 1.29 is 17.5 Å². The van der Waals surface area contributed by atoms with Gasteiger partial charge in [0.2, 0.25) is 5.88 Å². The highest BCUT2D eigenvalue weighted by Gasteiger charge is 2.25. The summed E-state index contributed by atoms with van der Waals surface area (Å²) in [5.41, 5.74) is 2.18. The highest BCUT2D eigenvalue weighted by atomic mass is 79.9. The van der Waals surface area contributed by atoms with Gasteiger partial charge in [-0.15, -0.1) is 5.10 Å². The summed E-state index contributed by atoms with van der Waals surface area (Å²) in [7, 11) is -2.99. The molecule has 0 N–H and O–H groups in total. The van der Waals surface area contributed by atoms with Gasteiger partial charge >= 0.3 is 0 Å². The molecule has 1 aliphatic heterocycles. The fourth-order valence-electron chi connectivity index (χ4n) is 3.67. The van der Waals surface area contributed by atoms with Crippen LogP contribution in [0.3, 0.4) is 0 Å². The van der Waals surface area contributed by atoms with Gasteiger partial charge in [0.25, 0.3) is 0 Å². The van der Waals surface area contributed by atoms with Gasteiger partial charge in [-0.25, -0.2) is 22.5 Å². The van der Waals surface area contributed by atoms with E-state index in [1.165, 1.54) is 18.9 Å². The molecule has 11 heteroatoms. The Morgan fingerprint density at radius 1 is 1.23 bits per heavy atom. The second kappa shape index (κ2) is 8.10. The SMILES string of the molecule is O=S1(=O)CCN(Cc2cc(F)cnc2Oc2ccc3c(nnn3CC3CC3)c2Br)CC1. The van der Waals surface area contributed by atoms with E-state index in [0.717, 1.165) is 18.3 Å². The summed E-state index contributed by atoms with van der Waals surface area (Å²) in [6, 6.07) is 5.11. The molecule has 1 saturated heterocycles. The van der Waals surface area contributed by atoms with Crippen molar-refractivity contribution in [2.75, 3.05) is 24.6 Å². The molecule has 3 heterocycles. The Labute approximate surface area is 187 Å². The lowest BCUT2D eigenvalue weighted by Gasteiger charge is -2.26. The maximum absolute atomic E-state index is 13.9. The van der Waals surface area contributed by atoms with E-state index in [4.69, 9.17) is 4.74 Å². The summed E-state index contributed by atoms with van der Waals surface area (Å²) in [5.74, 6) is 1.20. The van der Waals surface area contributed by atoms with Gasteiger partial charge < -0.3 is 4.74 Å². The first-order valence-electron chi connectivity index (χ1n) is 10.1. The molecular formula is C20H21BrFN5O3S. The lowest BCUT2D eigenvalue weighted by molar-refractivity contribution is 0.282. The third-order valence-electron chi connectivity index (χ3n) is 5.65. The zero-order chi connectivity index (χ0) is 21.6. The number of fused-ring (bicyclic) bond motifs is 1. The summed E-state index contributed by atoms with van der Waals surface area (Å²) < 4.78 is 45.9. The number of halogens is 2. The van der Waals surface area contributed by atoms with E-state index in [0.29, 0.717) is 46.9 Å². The monoisotopic (exact) mass is 509 g/mol. The van der Waals surface area contributed by atoms with Crippen molar-refractivity contribution in [3.63, 3.8) is 0 Å². The maximum Gasteiger partial charge on any atom is 0.223 e. The Bertz CT molecular complexity index is 1230. The summed E-state index contributed by atoms with van der Waals surface area (Å²) in [6.45, 7) is 2.02. The summed E-state index contributed by atoms with van der Waals surface area (Å²) in [6.07, 6.45) is 3.56. The number of rotatable bonds is 6. The Kier molecular flexibility index (Phi) is 5.43. The van der Waals surface area contributed by atoms with Crippen LogP contribution in [0.25, 0.3) is 11.0 Å². The van der Waals surface area contributed by atoms with Crippen molar-refractivity contribution in [1.29, 1.82) is 0 Å². The molecule has 1 aliphatic carbocycles. The van der Waals surface area contributed by atoms with Gasteiger partial charge in [0.1, 0.15) is 17.1 Å². The highest BCUT2D eigenvalue weighted by Crippen LogP contribution is 2.37. The molecule has 0 amide bonds. The molecule has 0 atom stereocenters. The average Bonchev–Trinajstić information content (AvgIpc) is 3.46. The van der Waals surface area contributed by atoms with E-state index in [1.54, 1.807) is 0 Å². The molecule has 164 valence electrons. The minimum atomic E-state index is -2.99. The van der Waals surface area contributed by atoms with Crippen LogP contribution in [-0.4, -0.2) is 57.9 Å². The molecule has 3 aromatic rings. The van der Waals surface area contributed by atoms with Crippen molar-refractivity contribution in [2.45, 2.75) is 25.9 Å². The first kappa shape index (κ1) is 20.8. The number of nitrogens with zero attached hydrogens (tertiary/aromatic N) is 5. The number of aromatic nitrogens is 4. The fourth-order valence-corrected chi connectivity index (χ4v) is 5.44. The Hall–Kier alpha value is -2.11. The van der Waals surface area contributed by atoms with Crippen LogP contribution >= 0.6 is 15.9 Å². The minimum absolute atomic E-state index is 0.102. The van der Waals surface area contributed by atoms with Gasteiger partial charge in [-0.2, -0.15) is 0 Å². The van der Waals surface area contributed by atoms with E-state index in [9.17, 15) is 12.8 Å². The van der Waals surface area contributed by atoms with Crippen LogP contribution in [0.1, 0.15) is 18.4 Å². The predicted molar refractivity (Wildman–Crippen MR) is 116 cm³/mol. The normalized spacial score (nSPS) is 19.0. The van der Waals surface area contributed by atoms with Gasteiger partial charge in [0, 0.05) is 31.7 Å². The van der Waals surface area contributed by atoms with Crippen LogP contribution in [0.15, 0.2) is 28.9 Å². The molecule has 0 spiro atoms. The van der Waals surface area contributed by atoms with E-state index in [-0.39, 0.29) is 17.4 Å². The summed E-state index contributed by atoms with van der Waals surface area (Å²) in [5, 5.41) is 8.55. The zero-order valence-corrected chi connectivity index (χ0v) is 19.1. The predicted octanol–water partition coefficient (Wildman–Crippen LogP) is 3.16. The second-order valence-electron chi connectivity index (χ2n) is 8.11. The Balaban J connectivity index is 1.39. The van der Waals surface area contributed by atoms with Crippen molar-refractivity contribution in [1.82, 2.24) is 24.9 Å². The van der Waals surface area contributed by atoms with Gasteiger partial charge in [-0.3, -0.25) is 4.90 Å². The molecule has 2 aromatic heterocycles. The van der Waals surface area contributed by atoms with Crippen LogP contribution in [-0.2, 0) is 22.9 Å². The maximum atomic E-state index is 13.9. The number of sulfone groups is 1. The molecular weight excluding hydrogens is 489 g/mol. The second-order valence-corrected chi connectivity index (χ2v) is 11.2. The zero-order valence-electron chi connectivity index (χ0n) is 16.7. The molecule has 0 unspecified atom stereocenters. The molecule has 2 aliphatic rings. The number of hydrogen-bond donors (Lipinski definition) is 0. The Morgan fingerprint density at radius 2 is 2.00 bits per heavy atom. The molecule has 8 nitrogen and oxygen atoms in total. The van der Waals surface area contributed by atoms with Gasteiger partial charge in [0.05, 0.1) is 27.7 Å². The van der Waals surface area contributed by atoms with E-state index < -0.39 is 15.7 Å². The van der Waals surface area contributed by atoms with Crippen molar-refractivity contribution in [3.05, 3.63) is 40.2 Å². The van der Waals surface area contributed by atoms with Crippen LogP contribution in [0.2, 0.25) is 0 Å². The summed E-state index contributed by atoms with van der Waals surface area (Å²) in [4.78, 5) is 6.10. The van der Waals surface area contributed by atoms with Crippen molar-refractivity contribution in [3.8, 4) is 11.6 Å². The largest absolute Gasteiger partial charge is 0.437 e. The fraction of sp³-hybridized carbons (Fsp3) is 0.450. The quantitative estimate of drug-likeness (QED) is 0.503. The van der Waals surface area contributed by atoms with Crippen LogP contribution in [0.5, 0.6) is 11.6 Å². The smallest absolute Gasteiger partial charge is 0.223 e. The molecule has 2 fully saturated rings. The van der Waals surface area contributed by atoms with Crippen molar-refractivity contribution >= 4 is 36.8 Å². The number of ether oxygens (including phenoxy) is 1. The first-order chi connectivity index (χ1) is 14.9. The first-order valence-corrected chi connectivity index (χ1v) is 12.8. The molecule has 1 aromatic carbocycles. The molecule has 5 rings (SSSR count). The van der Waals surface area contributed by atoms with E-state index in [1.807, 2.05) is 21.7 Å². The Morgan fingerprint density at radius 3 is 2.74 bits per heavy atom. The van der Waals surface area contributed by atoms with Crippen LogP contribution < -0.4 is 4.74 Å². The minimum Gasteiger partial charge on any atom is -0.437 e. The van der Waals surface area contributed by atoms with Gasteiger partial charge in [-0.05, 0) is 52.9 Å². The lowest BCUT2D eigenvalue weighted by Crippen LogP contribution is -2.39. The van der Waals surface area contributed by atoms with E-state index in [2.05, 4.69) is 31.2 Å². The highest BCUT2D eigenvalue weighted by molar-refractivity contribution is 9.10. The topological polar surface area (TPSA) is 90.2 Å². The number of benzene rings is 1. The third kappa shape index (κ3) is 4.58. The molecule has 0 bridgehead atoms. The molecule has 1 saturated carbocycles. The van der Waals surface area contributed by atoms with Crippen LogP contribution in [0, 0.1) is 11.7 Å². The summed E-state index contributed by atoms with van der Waals surface area (Å²) >= 11 is 3.56. The van der Waals surface area contributed by atoms with Gasteiger partial charge in [-0.1, -0.05) is 5.21 Å². The van der Waals surface area contributed by atoms with E-state index >= 15 is 0 Å². The number of pyridine rings is 1. The average molecular weight is 510 g/mol. The van der Waals surface area contributed by atoms with Gasteiger partial charge in [0.15, 0.2) is 9.84 Å². The lowest BCUT2D eigenvalue weighted by atomic mass is 10.2. The van der Waals surface area contributed by atoms with Crippen molar-refractivity contribution in [2.24, 2.45) is 5.92 Å². The third-order valence-corrected chi connectivity index (χ3v) is 8.02. The molecule has 0 radical (unpaired) electrons. The molecule has 31 heavy (non-hydrogen) atoms. The number of hydrogen-bond acceptors (Lipinski definition) is 7. The standard InChI is InChI=1S/C20H21BrFN5O3S/c21-18-17(4-3-16-19(18)24-25-27(16)11-13-1-2-13)30-20-14(9-15(22)10-23-20)12-26-5-7-31(28,29)8-6-26/h3-4,9-10,13H,1-2,5-8,11-12H2.